The van der Waals surface area contributed by atoms with Crippen LogP contribution in [0.25, 0.3) is 0 Å². The lowest BCUT2D eigenvalue weighted by molar-refractivity contribution is 0.297. The maximum Gasteiger partial charge on any atom is 0.192 e. The van der Waals surface area contributed by atoms with Gasteiger partial charge in [-0.3, -0.25) is 0 Å². The summed E-state index contributed by atoms with van der Waals surface area (Å²) in [6.45, 7) is 1.98. The summed E-state index contributed by atoms with van der Waals surface area (Å²) in [6.07, 6.45) is 6.57. The molecule has 0 saturated carbocycles. The Balaban J connectivity index is 2.54. The van der Waals surface area contributed by atoms with E-state index in [-0.39, 0.29) is 0 Å². The molecule has 0 aromatic carbocycles. The molecule has 3 nitrogen and oxygen atoms in total. The Labute approximate surface area is 77.0 Å². The van der Waals surface area contributed by atoms with Crippen molar-refractivity contribution in [3.05, 3.63) is 46.7 Å². The molecule has 4 N–H and O–H groups in total. The standard InChI is InChI=1S/C10H12N2O/c1-6-3-2-4-7-8(11)5-9(12)13-10(6)7/h2-3,5H,4,11-12H2,1H3. The van der Waals surface area contributed by atoms with E-state index in [1.807, 2.05) is 13.0 Å². The molecule has 1 aliphatic carbocycles. The second-order valence-electron chi connectivity index (χ2n) is 3.20. The van der Waals surface area contributed by atoms with Crippen LogP contribution in [0.15, 0.2) is 46.7 Å². The van der Waals surface area contributed by atoms with Crippen molar-refractivity contribution in [1.29, 1.82) is 0 Å². The molecule has 13 heavy (non-hydrogen) atoms. The number of hydrogen-bond acceptors (Lipinski definition) is 3. The Morgan fingerprint density at radius 1 is 1.38 bits per heavy atom. The minimum Gasteiger partial charge on any atom is -0.441 e. The lowest BCUT2D eigenvalue weighted by atomic mass is 9.97. The summed E-state index contributed by atoms with van der Waals surface area (Å²) in [5.74, 6) is 1.19. The van der Waals surface area contributed by atoms with E-state index >= 15 is 0 Å². The maximum absolute atomic E-state index is 5.82. The summed E-state index contributed by atoms with van der Waals surface area (Å²) in [7, 11) is 0. The minimum absolute atomic E-state index is 0.367. The second-order valence-corrected chi connectivity index (χ2v) is 3.20. The quantitative estimate of drug-likeness (QED) is 0.584. The first-order valence-corrected chi connectivity index (χ1v) is 4.20. The Kier molecular flexibility index (Phi) is 1.65. The second kappa shape index (κ2) is 2.69. The van der Waals surface area contributed by atoms with E-state index in [4.69, 9.17) is 16.2 Å². The highest BCUT2D eigenvalue weighted by molar-refractivity contribution is 5.48. The topological polar surface area (TPSA) is 61.3 Å². The van der Waals surface area contributed by atoms with Crippen LogP contribution in [-0.4, -0.2) is 0 Å². The van der Waals surface area contributed by atoms with Gasteiger partial charge in [-0.05, 0) is 18.9 Å². The van der Waals surface area contributed by atoms with Crippen LogP contribution in [0.3, 0.4) is 0 Å². The molecular weight excluding hydrogens is 164 g/mol. The molecule has 0 unspecified atom stereocenters. The molecule has 1 aliphatic heterocycles. The first-order valence-electron chi connectivity index (χ1n) is 4.20. The summed E-state index contributed by atoms with van der Waals surface area (Å²) in [5.41, 5.74) is 14.2. The van der Waals surface area contributed by atoms with E-state index in [2.05, 4.69) is 6.08 Å². The zero-order valence-corrected chi connectivity index (χ0v) is 7.50. The number of ether oxygens (including phenoxy) is 1. The van der Waals surface area contributed by atoms with Gasteiger partial charge in [0.2, 0.25) is 0 Å². The molecule has 0 bridgehead atoms. The van der Waals surface area contributed by atoms with E-state index in [0.717, 1.165) is 23.3 Å². The predicted molar refractivity (Wildman–Crippen MR) is 51.0 cm³/mol. The molecule has 0 fully saturated rings. The largest absolute Gasteiger partial charge is 0.441 e. The highest BCUT2D eigenvalue weighted by Gasteiger charge is 2.19. The Morgan fingerprint density at radius 2 is 2.15 bits per heavy atom. The third kappa shape index (κ3) is 1.22. The molecule has 0 aromatic rings. The van der Waals surface area contributed by atoms with Gasteiger partial charge in [0.15, 0.2) is 5.88 Å². The van der Waals surface area contributed by atoms with Crippen molar-refractivity contribution in [3.63, 3.8) is 0 Å². The summed E-state index contributed by atoms with van der Waals surface area (Å²) in [4.78, 5) is 0. The molecular formula is C10H12N2O. The third-order valence-corrected chi connectivity index (χ3v) is 2.19. The van der Waals surface area contributed by atoms with Crippen molar-refractivity contribution in [2.24, 2.45) is 11.5 Å². The molecule has 68 valence electrons. The van der Waals surface area contributed by atoms with E-state index in [0.29, 0.717) is 11.6 Å². The lowest BCUT2D eigenvalue weighted by Crippen LogP contribution is -2.17. The van der Waals surface area contributed by atoms with Gasteiger partial charge in [0, 0.05) is 17.3 Å². The average molecular weight is 176 g/mol. The molecule has 0 amide bonds. The van der Waals surface area contributed by atoms with Gasteiger partial charge in [-0.15, -0.1) is 0 Å². The van der Waals surface area contributed by atoms with E-state index in [9.17, 15) is 0 Å². The van der Waals surface area contributed by atoms with Crippen molar-refractivity contribution in [3.8, 4) is 0 Å². The van der Waals surface area contributed by atoms with Crippen LogP contribution in [0.1, 0.15) is 13.3 Å². The predicted octanol–water partition coefficient (Wildman–Crippen LogP) is 1.26. The third-order valence-electron chi connectivity index (χ3n) is 2.19. The summed E-state index contributed by atoms with van der Waals surface area (Å²) < 4.78 is 5.40. The average Bonchev–Trinajstić information content (AvgIpc) is 2.07. The summed E-state index contributed by atoms with van der Waals surface area (Å²) >= 11 is 0. The molecule has 0 aromatic heterocycles. The number of rotatable bonds is 0. The first-order chi connectivity index (χ1) is 6.18. The van der Waals surface area contributed by atoms with Crippen LogP contribution in [-0.2, 0) is 4.74 Å². The molecule has 0 saturated heterocycles. The van der Waals surface area contributed by atoms with Crippen LogP contribution < -0.4 is 11.5 Å². The Bertz CT molecular complexity index is 372. The minimum atomic E-state index is 0.367. The summed E-state index contributed by atoms with van der Waals surface area (Å²) in [5, 5.41) is 0. The van der Waals surface area contributed by atoms with E-state index in [1.165, 1.54) is 0 Å². The number of allylic oxidation sites excluding steroid dienone is 5. The van der Waals surface area contributed by atoms with Gasteiger partial charge >= 0.3 is 0 Å². The Hall–Kier alpha value is -1.64. The van der Waals surface area contributed by atoms with Gasteiger partial charge < -0.3 is 16.2 Å². The van der Waals surface area contributed by atoms with Crippen LogP contribution in [0, 0.1) is 0 Å². The monoisotopic (exact) mass is 176 g/mol. The maximum atomic E-state index is 5.82. The van der Waals surface area contributed by atoms with Gasteiger partial charge in [-0.25, -0.2) is 0 Å². The van der Waals surface area contributed by atoms with Crippen molar-refractivity contribution in [1.82, 2.24) is 0 Å². The molecule has 1 heterocycles. The molecule has 2 rings (SSSR count). The molecule has 3 heteroatoms. The van der Waals surface area contributed by atoms with E-state index < -0.39 is 0 Å². The number of fused-ring (bicyclic) bond motifs is 1. The molecule has 0 spiro atoms. The number of nitrogens with two attached hydrogens (primary N) is 2. The zero-order chi connectivity index (χ0) is 9.42. The first kappa shape index (κ1) is 7.98. The fraction of sp³-hybridized carbons (Fsp3) is 0.200. The fourth-order valence-corrected chi connectivity index (χ4v) is 1.54. The highest BCUT2D eigenvalue weighted by Crippen LogP contribution is 2.31. The van der Waals surface area contributed by atoms with Gasteiger partial charge in [-0.2, -0.15) is 0 Å². The van der Waals surface area contributed by atoms with Crippen molar-refractivity contribution < 1.29 is 4.74 Å². The normalized spacial score (nSPS) is 21.2. The van der Waals surface area contributed by atoms with Crippen LogP contribution in [0.5, 0.6) is 0 Å². The molecule has 2 aliphatic rings. The number of hydrogen-bond donors (Lipinski definition) is 2. The summed E-state index contributed by atoms with van der Waals surface area (Å²) in [6, 6.07) is 0. The Morgan fingerprint density at radius 3 is 2.92 bits per heavy atom. The van der Waals surface area contributed by atoms with Crippen molar-refractivity contribution in [2.45, 2.75) is 13.3 Å². The molecule has 0 atom stereocenters. The highest BCUT2D eigenvalue weighted by atomic mass is 16.5. The lowest BCUT2D eigenvalue weighted by Gasteiger charge is -2.22. The SMILES string of the molecule is CC1=C2OC(N)=CC(N)=C2CC=C1. The smallest absolute Gasteiger partial charge is 0.192 e. The van der Waals surface area contributed by atoms with Gasteiger partial charge in [0.1, 0.15) is 5.76 Å². The van der Waals surface area contributed by atoms with Crippen LogP contribution >= 0.6 is 0 Å². The van der Waals surface area contributed by atoms with Gasteiger partial charge in [-0.1, -0.05) is 12.2 Å². The van der Waals surface area contributed by atoms with Gasteiger partial charge in [0.05, 0.1) is 0 Å². The van der Waals surface area contributed by atoms with Crippen molar-refractivity contribution >= 4 is 0 Å². The van der Waals surface area contributed by atoms with Crippen molar-refractivity contribution in [2.75, 3.05) is 0 Å². The van der Waals surface area contributed by atoms with Crippen LogP contribution in [0.2, 0.25) is 0 Å². The molecule has 0 radical (unpaired) electrons. The van der Waals surface area contributed by atoms with E-state index in [1.54, 1.807) is 6.08 Å². The van der Waals surface area contributed by atoms with Gasteiger partial charge in [0.25, 0.3) is 0 Å². The zero-order valence-electron chi connectivity index (χ0n) is 7.50. The van der Waals surface area contributed by atoms with Crippen LogP contribution in [0.4, 0.5) is 0 Å². The fourth-order valence-electron chi connectivity index (χ4n) is 1.54.